The second-order valence-corrected chi connectivity index (χ2v) is 2.33. The summed E-state index contributed by atoms with van der Waals surface area (Å²) in [4.78, 5) is 31.7. The average Bonchev–Trinajstić information content (AvgIpc) is 1.99. The molecule has 0 rings (SSSR count). The van der Waals surface area contributed by atoms with Gasteiger partial charge >= 0.3 is 25.3 Å². The van der Waals surface area contributed by atoms with Crippen LogP contribution in [0.3, 0.4) is 0 Å². The second kappa shape index (κ2) is 5.35. The lowest BCUT2D eigenvalue weighted by atomic mass is 9.84. The lowest BCUT2D eigenvalue weighted by Gasteiger charge is -2.14. The number of carbonyl (C=O) groups excluding carboxylic acids is 3. The molecule has 0 aromatic rings. The van der Waals surface area contributed by atoms with Gasteiger partial charge in [-0.25, -0.2) is 0 Å². The van der Waals surface area contributed by atoms with Crippen LogP contribution in [0.25, 0.3) is 0 Å². The number of rotatable bonds is 4. The van der Waals surface area contributed by atoms with Crippen molar-refractivity contribution in [3.8, 4) is 0 Å². The zero-order valence-corrected chi connectivity index (χ0v) is 7.59. The van der Waals surface area contributed by atoms with Crippen molar-refractivity contribution >= 4 is 24.7 Å². The van der Waals surface area contributed by atoms with Gasteiger partial charge in [0.05, 0.1) is 0 Å². The summed E-state index contributed by atoms with van der Waals surface area (Å²) >= 11 is 0. The van der Waals surface area contributed by atoms with Gasteiger partial charge in [-0.1, -0.05) is 0 Å². The van der Waals surface area contributed by atoms with Crippen molar-refractivity contribution in [2.24, 2.45) is 0 Å². The highest BCUT2D eigenvalue weighted by Gasteiger charge is 2.34. The minimum atomic E-state index is -2.36. The van der Waals surface area contributed by atoms with Crippen LogP contribution in [0.4, 0.5) is 0 Å². The van der Waals surface area contributed by atoms with Crippen molar-refractivity contribution in [1.82, 2.24) is 0 Å². The molecule has 2 N–H and O–H groups in total. The predicted octanol–water partition coefficient (Wildman–Crippen LogP) is -1.98. The number of hydrogen-bond donors (Lipinski definition) is 2. The average molecular weight is 204 g/mol. The maximum atomic E-state index is 10.9. The third-order valence-electron chi connectivity index (χ3n) is 1.03. The van der Waals surface area contributed by atoms with Crippen LogP contribution in [0.2, 0.25) is 0 Å². The number of hydrogen-bond acceptors (Lipinski definition) is 7. The molecule has 0 bridgehead atoms. The van der Waals surface area contributed by atoms with Gasteiger partial charge in [-0.3, -0.25) is 14.4 Å². The summed E-state index contributed by atoms with van der Waals surface area (Å²) in [5, 5.41) is 16.9. The van der Waals surface area contributed by atoms with Crippen LogP contribution in [0, 0.1) is 0 Å². The third-order valence-corrected chi connectivity index (χ3v) is 1.03. The van der Waals surface area contributed by atoms with Crippen LogP contribution >= 0.6 is 0 Å². The van der Waals surface area contributed by atoms with E-state index in [0.29, 0.717) is 0 Å². The molecule has 0 aromatic heterocycles. The summed E-state index contributed by atoms with van der Waals surface area (Å²) in [6.45, 7) is 1.96. The Morgan fingerprint density at radius 2 is 1.43 bits per heavy atom. The first-order chi connectivity index (χ1) is 6.34. The molecule has 0 heterocycles. The normalized spacial score (nSPS) is 9.50. The Morgan fingerprint density at radius 3 is 1.64 bits per heavy atom. The fourth-order valence-corrected chi connectivity index (χ4v) is 0.563. The molecule has 0 aromatic carbocycles. The highest BCUT2D eigenvalue weighted by Crippen LogP contribution is 1.99. The van der Waals surface area contributed by atoms with E-state index in [1.807, 2.05) is 0 Å². The van der Waals surface area contributed by atoms with Gasteiger partial charge < -0.3 is 19.5 Å². The molecule has 0 unspecified atom stereocenters. The highest BCUT2D eigenvalue weighted by molar-refractivity contribution is 6.79. The van der Waals surface area contributed by atoms with Gasteiger partial charge in [-0.2, -0.15) is 0 Å². The molecule has 7 nitrogen and oxygen atoms in total. The molecule has 0 fully saturated rings. The molecular weight excluding hydrogens is 195 g/mol. The summed E-state index contributed by atoms with van der Waals surface area (Å²) in [5.41, 5.74) is -1.32. The molecule has 0 aliphatic rings. The maximum Gasteiger partial charge on any atom is 0.536 e. The standard InChI is InChI=1S/C6H9BO7/c1-3(8)13-6(14-4(2)9)5(10)7(11)12/h6,11-12H,1-2H3. The van der Waals surface area contributed by atoms with Crippen molar-refractivity contribution in [1.29, 1.82) is 0 Å². The summed E-state index contributed by atoms with van der Waals surface area (Å²) < 4.78 is 8.47. The van der Waals surface area contributed by atoms with E-state index in [-0.39, 0.29) is 0 Å². The second-order valence-electron chi connectivity index (χ2n) is 2.33. The van der Waals surface area contributed by atoms with Crippen LogP contribution in [-0.4, -0.2) is 41.1 Å². The van der Waals surface area contributed by atoms with E-state index in [1.54, 1.807) is 0 Å². The van der Waals surface area contributed by atoms with Gasteiger partial charge in [0, 0.05) is 13.8 Å². The Kier molecular flexibility index (Phi) is 4.81. The number of ether oxygens (including phenoxy) is 2. The van der Waals surface area contributed by atoms with Gasteiger partial charge in [0.1, 0.15) is 0 Å². The maximum absolute atomic E-state index is 10.9. The van der Waals surface area contributed by atoms with Gasteiger partial charge in [-0.15, -0.1) is 0 Å². The fraction of sp³-hybridized carbons (Fsp3) is 0.500. The number of esters is 2. The topological polar surface area (TPSA) is 110 Å². The van der Waals surface area contributed by atoms with Crippen LogP contribution in [0.5, 0.6) is 0 Å². The highest BCUT2D eigenvalue weighted by atomic mass is 16.7. The van der Waals surface area contributed by atoms with E-state index in [4.69, 9.17) is 10.0 Å². The molecule has 0 radical (unpaired) electrons. The first-order valence-corrected chi connectivity index (χ1v) is 3.59. The molecule has 0 amide bonds. The Balaban J connectivity index is 4.46. The van der Waals surface area contributed by atoms with Crippen molar-refractivity contribution in [2.45, 2.75) is 20.1 Å². The number of carbonyl (C=O) groups is 3. The van der Waals surface area contributed by atoms with Crippen molar-refractivity contribution in [3.63, 3.8) is 0 Å². The summed E-state index contributed by atoms with van der Waals surface area (Å²) in [6.07, 6.45) is -1.91. The smallest absolute Gasteiger partial charge is 0.421 e. The summed E-state index contributed by atoms with van der Waals surface area (Å²) in [6, 6.07) is 0. The molecule has 0 atom stereocenters. The molecular formula is C6H9BO7. The van der Waals surface area contributed by atoms with Crippen LogP contribution < -0.4 is 0 Å². The monoisotopic (exact) mass is 204 g/mol. The molecule has 0 aliphatic heterocycles. The SMILES string of the molecule is CC(=O)OC(OC(C)=O)C(=O)B(O)O. The van der Waals surface area contributed by atoms with E-state index in [9.17, 15) is 14.4 Å². The van der Waals surface area contributed by atoms with Gasteiger partial charge in [0.2, 0.25) is 5.68 Å². The van der Waals surface area contributed by atoms with Crippen LogP contribution in [-0.2, 0) is 23.9 Å². The zero-order valence-electron chi connectivity index (χ0n) is 7.59. The third kappa shape index (κ3) is 4.58. The molecule has 0 saturated carbocycles. The van der Waals surface area contributed by atoms with Gasteiger partial charge in [-0.05, 0) is 0 Å². The van der Waals surface area contributed by atoms with E-state index in [0.717, 1.165) is 13.8 Å². The first-order valence-electron chi connectivity index (χ1n) is 3.59. The predicted molar refractivity (Wildman–Crippen MR) is 42.5 cm³/mol. The molecule has 14 heavy (non-hydrogen) atoms. The van der Waals surface area contributed by atoms with Gasteiger partial charge in [0.25, 0.3) is 0 Å². The molecule has 78 valence electrons. The molecule has 0 spiro atoms. The molecule has 0 aliphatic carbocycles. The van der Waals surface area contributed by atoms with E-state index < -0.39 is 31.0 Å². The lowest BCUT2D eigenvalue weighted by molar-refractivity contribution is -0.186. The summed E-state index contributed by atoms with van der Waals surface area (Å²) in [5.74, 6) is -1.77. The first kappa shape index (κ1) is 12.6. The summed E-state index contributed by atoms with van der Waals surface area (Å²) in [7, 11) is -2.36. The van der Waals surface area contributed by atoms with Crippen LogP contribution in [0.1, 0.15) is 13.8 Å². The van der Waals surface area contributed by atoms with Crippen molar-refractivity contribution in [3.05, 3.63) is 0 Å². The zero-order chi connectivity index (χ0) is 11.3. The Morgan fingerprint density at radius 1 is 1.07 bits per heavy atom. The minimum absolute atomic E-state index is 0.884. The van der Waals surface area contributed by atoms with E-state index in [1.165, 1.54) is 0 Å². The Hall–Kier alpha value is -1.41. The molecule has 0 saturated heterocycles. The van der Waals surface area contributed by atoms with E-state index >= 15 is 0 Å². The van der Waals surface area contributed by atoms with Crippen molar-refractivity contribution < 1.29 is 33.9 Å². The largest absolute Gasteiger partial charge is 0.536 e. The van der Waals surface area contributed by atoms with Crippen molar-refractivity contribution in [2.75, 3.05) is 0 Å². The van der Waals surface area contributed by atoms with E-state index in [2.05, 4.69) is 9.47 Å². The van der Waals surface area contributed by atoms with Crippen LogP contribution in [0.15, 0.2) is 0 Å². The lowest BCUT2D eigenvalue weighted by Crippen LogP contribution is -2.41. The fourth-order valence-electron chi connectivity index (χ4n) is 0.563. The quantitative estimate of drug-likeness (QED) is 0.310. The van der Waals surface area contributed by atoms with Gasteiger partial charge in [0.15, 0.2) is 0 Å². The Labute approximate surface area is 79.8 Å². The molecule has 8 heteroatoms. The Bertz CT molecular complexity index is 233. The minimum Gasteiger partial charge on any atom is -0.421 e.